The van der Waals surface area contributed by atoms with Crippen LogP contribution in [0.5, 0.6) is 0 Å². The van der Waals surface area contributed by atoms with Crippen LogP contribution in [0.4, 0.5) is 0 Å². The number of para-hydroxylation sites is 2. The maximum Gasteiger partial charge on any atom is 2.00 e. The van der Waals surface area contributed by atoms with Crippen molar-refractivity contribution in [1.82, 2.24) is 14.1 Å². The van der Waals surface area contributed by atoms with Gasteiger partial charge >= 0.3 is 21.1 Å². The van der Waals surface area contributed by atoms with Crippen LogP contribution < -0.4 is 0 Å². The van der Waals surface area contributed by atoms with E-state index in [0.29, 0.717) is 5.90 Å². The van der Waals surface area contributed by atoms with E-state index in [1.165, 1.54) is 21.9 Å². The molecule has 0 fully saturated rings. The number of nitrogens with zero attached hydrogens (tertiary/aromatic N) is 4. The molecule has 0 saturated carbocycles. The Hall–Kier alpha value is -4.99. The Morgan fingerprint density at radius 3 is 2.27 bits per heavy atom. The topological polar surface area (TPSA) is 44.3 Å². The van der Waals surface area contributed by atoms with Gasteiger partial charge < -0.3 is 13.9 Å². The van der Waals surface area contributed by atoms with Crippen LogP contribution in [0.3, 0.4) is 0 Å². The van der Waals surface area contributed by atoms with Crippen molar-refractivity contribution in [3.63, 3.8) is 0 Å². The van der Waals surface area contributed by atoms with Crippen LogP contribution in [0, 0.1) is 12.1 Å². The summed E-state index contributed by atoms with van der Waals surface area (Å²) < 4.78 is 10.9. The van der Waals surface area contributed by atoms with Crippen molar-refractivity contribution in [2.24, 2.45) is 4.99 Å². The number of pyridine rings is 1. The minimum Gasteiger partial charge on any atom is -0.514 e. The van der Waals surface area contributed by atoms with E-state index in [1.807, 2.05) is 18.3 Å². The molecule has 2 atom stereocenters. The Kier molecular flexibility index (Phi) is 5.88. The van der Waals surface area contributed by atoms with E-state index in [9.17, 15) is 0 Å². The second kappa shape index (κ2) is 10.0. The molecule has 1 aliphatic carbocycles. The third-order valence-corrected chi connectivity index (χ3v) is 9.16. The van der Waals surface area contributed by atoms with Crippen LogP contribution in [-0.4, -0.2) is 26.1 Å². The number of aliphatic imine (C=N–C) groups is 1. The molecule has 0 spiro atoms. The monoisotopic (exact) mass is 759 g/mol. The predicted octanol–water partition coefficient (Wildman–Crippen LogP) is 8.32. The third-order valence-electron chi connectivity index (χ3n) is 9.16. The largest absolute Gasteiger partial charge is 2.00 e. The molecule has 0 radical (unpaired) electrons. The minimum atomic E-state index is 0. The van der Waals surface area contributed by atoms with Gasteiger partial charge in [0, 0.05) is 28.9 Å². The molecule has 4 heterocycles. The molecule has 5 aromatic carbocycles. The Balaban J connectivity index is 0.00000281. The number of ether oxygens (including phenoxy) is 1. The van der Waals surface area contributed by atoms with Gasteiger partial charge in [-0.25, -0.2) is 4.98 Å². The first-order valence-corrected chi connectivity index (χ1v) is 15.0. The predicted molar refractivity (Wildman–Crippen MR) is 175 cm³/mol. The first-order chi connectivity index (χ1) is 21.8. The third kappa shape index (κ3) is 3.84. The molecule has 8 aromatic rings. The van der Waals surface area contributed by atoms with Crippen molar-refractivity contribution in [3.05, 3.63) is 150 Å². The second-order valence-electron chi connectivity index (χ2n) is 11.6. The molecule has 45 heavy (non-hydrogen) atoms. The first-order valence-electron chi connectivity index (χ1n) is 15.0. The zero-order valence-electron chi connectivity index (χ0n) is 23.9. The fourth-order valence-corrected chi connectivity index (χ4v) is 7.24. The molecule has 0 saturated heterocycles. The Bertz CT molecular complexity index is 2440. The fourth-order valence-electron chi connectivity index (χ4n) is 7.24. The second-order valence-corrected chi connectivity index (χ2v) is 11.6. The number of rotatable bonds is 3. The van der Waals surface area contributed by atoms with Gasteiger partial charge in [-0.1, -0.05) is 77.4 Å². The van der Waals surface area contributed by atoms with Gasteiger partial charge in [-0.2, -0.15) is 6.07 Å². The molecule has 2 aliphatic rings. The summed E-state index contributed by atoms with van der Waals surface area (Å²) in [6.07, 6.45) is 2.78. The van der Waals surface area contributed by atoms with Crippen LogP contribution in [0.15, 0.2) is 126 Å². The number of benzene rings is 5. The maximum atomic E-state index is 6.44. The maximum absolute atomic E-state index is 6.44. The van der Waals surface area contributed by atoms with Gasteiger partial charge in [0.05, 0.1) is 5.52 Å². The van der Waals surface area contributed by atoms with Crippen molar-refractivity contribution < 1.29 is 25.8 Å². The summed E-state index contributed by atoms with van der Waals surface area (Å²) in [5.41, 5.74) is 9.45. The van der Waals surface area contributed by atoms with E-state index in [2.05, 4.69) is 124 Å². The van der Waals surface area contributed by atoms with E-state index >= 15 is 0 Å². The van der Waals surface area contributed by atoms with Crippen LogP contribution in [0.2, 0.25) is 0 Å². The van der Waals surface area contributed by atoms with E-state index < -0.39 is 0 Å². The van der Waals surface area contributed by atoms with Crippen LogP contribution >= 0.6 is 0 Å². The molecule has 5 nitrogen and oxygen atoms in total. The van der Waals surface area contributed by atoms with E-state index in [0.717, 1.165) is 56.3 Å². The molecule has 6 heteroatoms. The van der Waals surface area contributed by atoms with E-state index in [1.54, 1.807) is 0 Å². The quantitative estimate of drug-likeness (QED) is 0.170. The van der Waals surface area contributed by atoms with Gasteiger partial charge in [0.25, 0.3) is 0 Å². The molecule has 216 valence electrons. The SMILES string of the molecule is [Pt+2].[c-]1c(C2=N[C@H]3c4ccccc4C[C@H]3O2)cccc1-n1c2[c-]c(-n3c4ccccc4c4cccnc43)ccc2c2ccccc21. The zero-order valence-corrected chi connectivity index (χ0v) is 26.2. The first kappa shape index (κ1) is 26.4. The molecule has 0 unspecified atom stereocenters. The van der Waals surface area contributed by atoms with Crippen LogP contribution in [-0.2, 0) is 32.2 Å². The van der Waals surface area contributed by atoms with Crippen molar-refractivity contribution in [1.29, 1.82) is 0 Å². The summed E-state index contributed by atoms with van der Waals surface area (Å²) >= 11 is 0. The summed E-state index contributed by atoms with van der Waals surface area (Å²) in [7, 11) is 0. The van der Waals surface area contributed by atoms with Crippen LogP contribution in [0.1, 0.15) is 22.7 Å². The molecule has 3 aromatic heterocycles. The summed E-state index contributed by atoms with van der Waals surface area (Å²) in [4.78, 5) is 9.85. The summed E-state index contributed by atoms with van der Waals surface area (Å²) in [5, 5.41) is 4.61. The summed E-state index contributed by atoms with van der Waals surface area (Å²) in [6.45, 7) is 0. The summed E-state index contributed by atoms with van der Waals surface area (Å²) in [5.74, 6) is 0.665. The Morgan fingerprint density at radius 1 is 0.644 bits per heavy atom. The number of aromatic nitrogens is 3. The van der Waals surface area contributed by atoms with Crippen molar-refractivity contribution in [3.8, 4) is 11.4 Å². The summed E-state index contributed by atoms with van der Waals surface area (Å²) in [6, 6.07) is 47.7. The standard InChI is InChI=1S/C39H24N4O.Pt/c1-2-12-28-24(9-1)22-36-37(28)41-39(44-36)25-10-7-11-26(21-25)42-33-16-5-3-13-29(33)31-19-18-27(23-35(31)42)43-34-17-6-4-14-30(34)32-15-8-20-40-38(32)43;/h1-20,36-37H,22H2;/q-2;+2/t36-,37+;/m1./s1. The molecule has 0 bridgehead atoms. The van der Waals surface area contributed by atoms with Gasteiger partial charge in [0.15, 0.2) is 0 Å². The molecule has 10 rings (SSSR count). The van der Waals surface area contributed by atoms with Gasteiger partial charge in [-0.3, -0.25) is 4.99 Å². The van der Waals surface area contributed by atoms with Crippen molar-refractivity contribution in [2.45, 2.75) is 18.6 Å². The van der Waals surface area contributed by atoms with Crippen molar-refractivity contribution in [2.75, 3.05) is 0 Å². The number of hydrogen-bond acceptors (Lipinski definition) is 3. The average Bonchev–Trinajstić information content (AvgIpc) is 3.82. The normalized spacial score (nSPS) is 16.9. The molecular formula is C39H24N4OPt. The Morgan fingerprint density at radius 2 is 1.38 bits per heavy atom. The van der Waals surface area contributed by atoms with Gasteiger partial charge in [-0.05, 0) is 46.5 Å². The molecular weight excluding hydrogens is 736 g/mol. The molecule has 1 aliphatic heterocycles. The van der Waals surface area contributed by atoms with Gasteiger partial charge in [0.1, 0.15) is 23.7 Å². The van der Waals surface area contributed by atoms with Gasteiger partial charge in [0.2, 0.25) is 0 Å². The zero-order chi connectivity index (χ0) is 28.8. The average molecular weight is 760 g/mol. The smallest absolute Gasteiger partial charge is 0.514 e. The minimum absolute atomic E-state index is 0. The van der Waals surface area contributed by atoms with Crippen molar-refractivity contribution >= 4 is 49.6 Å². The van der Waals surface area contributed by atoms with E-state index in [-0.39, 0.29) is 33.2 Å². The number of hydrogen-bond donors (Lipinski definition) is 0. The fraction of sp³-hybridized carbons (Fsp3) is 0.0769. The van der Waals surface area contributed by atoms with E-state index in [4.69, 9.17) is 14.7 Å². The molecule has 0 N–H and O–H groups in total. The number of fused-ring (bicyclic) bond motifs is 9. The Labute approximate surface area is 273 Å². The molecule has 0 amide bonds. The van der Waals surface area contributed by atoms with Gasteiger partial charge in [-0.15, -0.1) is 41.8 Å². The van der Waals surface area contributed by atoms with Crippen LogP contribution in [0.25, 0.3) is 55.1 Å².